The van der Waals surface area contributed by atoms with Gasteiger partial charge in [0.25, 0.3) is 0 Å². The van der Waals surface area contributed by atoms with Gasteiger partial charge in [-0.05, 0) is 30.5 Å². The molecule has 1 N–H and O–H groups in total. The van der Waals surface area contributed by atoms with Crippen molar-refractivity contribution in [1.82, 2.24) is 10.2 Å². The summed E-state index contributed by atoms with van der Waals surface area (Å²) in [7, 11) is 0. The summed E-state index contributed by atoms with van der Waals surface area (Å²) < 4.78 is 15.8. The Labute approximate surface area is 160 Å². The minimum Gasteiger partial charge on any atom is -0.494 e. The standard InChI is InChI=1S/C20H28N2O5/c1-3-13-25-16-7-5-15(6-8-16)17(4-2)21-18(23)22-11-9-20(10-12-22)14-26-19(24)27-20/h5-8,17H,3-4,9-14H2,1-2H3,(H,21,23). The zero-order valence-corrected chi connectivity index (χ0v) is 16.0. The molecule has 27 heavy (non-hydrogen) atoms. The topological polar surface area (TPSA) is 77.1 Å². The van der Waals surface area contributed by atoms with Crippen LogP contribution in [0.2, 0.25) is 0 Å². The van der Waals surface area contributed by atoms with Crippen LogP contribution in [0.3, 0.4) is 0 Å². The van der Waals surface area contributed by atoms with E-state index in [0.717, 1.165) is 24.2 Å². The molecule has 1 unspecified atom stereocenters. The molecule has 3 rings (SSSR count). The Balaban J connectivity index is 1.53. The maximum atomic E-state index is 12.7. The highest BCUT2D eigenvalue weighted by Crippen LogP contribution is 2.32. The molecule has 2 amide bonds. The lowest BCUT2D eigenvalue weighted by Gasteiger charge is -2.36. The number of likely N-dealkylation sites (tertiary alicyclic amines) is 1. The number of hydrogen-bond donors (Lipinski definition) is 1. The molecule has 0 radical (unpaired) electrons. The molecule has 7 nitrogen and oxygen atoms in total. The molecule has 1 spiro atoms. The van der Waals surface area contributed by atoms with Crippen LogP contribution in [0.25, 0.3) is 0 Å². The van der Waals surface area contributed by atoms with Crippen molar-refractivity contribution >= 4 is 12.2 Å². The zero-order valence-electron chi connectivity index (χ0n) is 16.0. The summed E-state index contributed by atoms with van der Waals surface area (Å²) in [5, 5.41) is 3.11. The van der Waals surface area contributed by atoms with Crippen LogP contribution < -0.4 is 10.1 Å². The van der Waals surface area contributed by atoms with E-state index < -0.39 is 11.8 Å². The summed E-state index contributed by atoms with van der Waals surface area (Å²) in [6.45, 7) is 6.19. The predicted molar refractivity (Wildman–Crippen MR) is 99.8 cm³/mol. The van der Waals surface area contributed by atoms with Gasteiger partial charge in [0.15, 0.2) is 5.60 Å². The van der Waals surface area contributed by atoms with E-state index in [2.05, 4.69) is 12.2 Å². The van der Waals surface area contributed by atoms with Crippen molar-refractivity contribution in [3.63, 3.8) is 0 Å². The Morgan fingerprint density at radius 2 is 1.96 bits per heavy atom. The van der Waals surface area contributed by atoms with Gasteiger partial charge in [-0.25, -0.2) is 9.59 Å². The molecule has 1 aromatic carbocycles. The van der Waals surface area contributed by atoms with Crippen LogP contribution in [0.4, 0.5) is 9.59 Å². The second-order valence-electron chi connectivity index (χ2n) is 7.14. The van der Waals surface area contributed by atoms with Crippen molar-refractivity contribution < 1.29 is 23.8 Å². The van der Waals surface area contributed by atoms with Crippen LogP contribution in [-0.2, 0) is 9.47 Å². The van der Waals surface area contributed by atoms with Crippen LogP contribution in [0.5, 0.6) is 5.75 Å². The van der Waals surface area contributed by atoms with Gasteiger partial charge in [0.2, 0.25) is 0 Å². The van der Waals surface area contributed by atoms with Gasteiger partial charge in [-0.15, -0.1) is 0 Å². The Morgan fingerprint density at radius 3 is 2.52 bits per heavy atom. The molecular formula is C20H28N2O5. The monoisotopic (exact) mass is 376 g/mol. The average Bonchev–Trinajstić information content (AvgIpc) is 3.05. The van der Waals surface area contributed by atoms with E-state index in [-0.39, 0.29) is 18.7 Å². The molecule has 2 aliphatic heterocycles. The first-order valence-electron chi connectivity index (χ1n) is 9.69. The maximum Gasteiger partial charge on any atom is 0.509 e. The first-order valence-corrected chi connectivity index (χ1v) is 9.69. The molecule has 2 heterocycles. The number of rotatable bonds is 6. The molecule has 1 aromatic rings. The van der Waals surface area contributed by atoms with E-state index in [0.29, 0.717) is 32.5 Å². The lowest BCUT2D eigenvalue weighted by Crippen LogP contribution is -2.51. The average molecular weight is 376 g/mol. The Kier molecular flexibility index (Phi) is 6.08. The van der Waals surface area contributed by atoms with Crippen molar-refractivity contribution in [1.29, 1.82) is 0 Å². The number of hydrogen-bond acceptors (Lipinski definition) is 5. The van der Waals surface area contributed by atoms with Crippen LogP contribution in [-0.4, -0.2) is 49.0 Å². The van der Waals surface area contributed by atoms with E-state index in [1.807, 2.05) is 31.2 Å². The Morgan fingerprint density at radius 1 is 1.26 bits per heavy atom. The third-order valence-corrected chi connectivity index (χ3v) is 5.18. The smallest absolute Gasteiger partial charge is 0.494 e. The minimum absolute atomic E-state index is 0.0544. The van der Waals surface area contributed by atoms with Crippen molar-refractivity contribution in [3.8, 4) is 5.75 Å². The van der Waals surface area contributed by atoms with Gasteiger partial charge in [-0.3, -0.25) is 0 Å². The number of urea groups is 1. The number of amides is 2. The van der Waals surface area contributed by atoms with Gasteiger partial charge in [0, 0.05) is 25.9 Å². The van der Waals surface area contributed by atoms with Crippen molar-refractivity contribution in [2.75, 3.05) is 26.3 Å². The molecule has 0 aromatic heterocycles. The Hall–Kier alpha value is -2.44. The number of piperidine rings is 1. The highest BCUT2D eigenvalue weighted by atomic mass is 16.8. The number of ether oxygens (including phenoxy) is 3. The molecule has 0 aliphatic carbocycles. The van der Waals surface area contributed by atoms with E-state index >= 15 is 0 Å². The number of carbonyl (C=O) groups excluding carboxylic acids is 2. The third kappa shape index (κ3) is 4.64. The molecule has 2 aliphatic rings. The van der Waals surface area contributed by atoms with Crippen molar-refractivity contribution in [2.45, 2.75) is 51.2 Å². The minimum atomic E-state index is -0.606. The summed E-state index contributed by atoms with van der Waals surface area (Å²) in [5.41, 5.74) is 0.507. The fourth-order valence-electron chi connectivity index (χ4n) is 3.47. The number of cyclic esters (lactones) is 1. The summed E-state index contributed by atoms with van der Waals surface area (Å²) in [4.78, 5) is 25.7. The summed E-state index contributed by atoms with van der Waals surface area (Å²) in [6, 6.07) is 7.74. The van der Waals surface area contributed by atoms with Crippen molar-refractivity contribution in [2.24, 2.45) is 0 Å². The van der Waals surface area contributed by atoms with E-state index in [1.165, 1.54) is 0 Å². The largest absolute Gasteiger partial charge is 0.509 e. The van der Waals surface area contributed by atoms with Crippen LogP contribution in [0.1, 0.15) is 51.1 Å². The molecule has 7 heteroatoms. The SMILES string of the molecule is CCCOc1ccc(C(CC)NC(=O)N2CCC3(CC2)COC(=O)O3)cc1. The fraction of sp³-hybridized carbons (Fsp3) is 0.600. The van der Waals surface area contributed by atoms with Gasteiger partial charge >= 0.3 is 12.2 Å². The van der Waals surface area contributed by atoms with E-state index in [1.54, 1.807) is 4.90 Å². The summed E-state index contributed by atoms with van der Waals surface area (Å²) >= 11 is 0. The zero-order chi connectivity index (χ0) is 19.3. The molecule has 2 saturated heterocycles. The molecule has 0 bridgehead atoms. The second kappa shape index (κ2) is 8.50. The molecular weight excluding hydrogens is 348 g/mol. The fourth-order valence-corrected chi connectivity index (χ4v) is 3.47. The lowest BCUT2D eigenvalue weighted by molar-refractivity contribution is 0.00911. The maximum absolute atomic E-state index is 12.7. The van der Waals surface area contributed by atoms with E-state index in [4.69, 9.17) is 14.2 Å². The Bertz CT molecular complexity index is 653. The van der Waals surface area contributed by atoms with Crippen molar-refractivity contribution in [3.05, 3.63) is 29.8 Å². The molecule has 1 atom stereocenters. The first-order chi connectivity index (χ1) is 13.0. The number of carbonyl (C=O) groups is 2. The second-order valence-corrected chi connectivity index (χ2v) is 7.14. The summed E-state index contributed by atoms with van der Waals surface area (Å²) in [5.74, 6) is 0.844. The van der Waals surface area contributed by atoms with Gasteiger partial charge in [0.1, 0.15) is 12.4 Å². The van der Waals surface area contributed by atoms with Crippen LogP contribution in [0, 0.1) is 0 Å². The molecule has 2 fully saturated rings. The predicted octanol–water partition coefficient (Wildman–Crippen LogP) is 3.64. The van der Waals surface area contributed by atoms with Gasteiger partial charge in [-0.1, -0.05) is 26.0 Å². The molecule has 148 valence electrons. The van der Waals surface area contributed by atoms with Crippen LogP contribution >= 0.6 is 0 Å². The highest BCUT2D eigenvalue weighted by Gasteiger charge is 2.45. The third-order valence-electron chi connectivity index (χ3n) is 5.18. The quantitative estimate of drug-likeness (QED) is 0.767. The summed E-state index contributed by atoms with van der Waals surface area (Å²) in [6.07, 6.45) is 2.37. The van der Waals surface area contributed by atoms with Gasteiger partial charge < -0.3 is 24.4 Å². The number of nitrogens with zero attached hydrogens (tertiary/aromatic N) is 1. The molecule has 0 saturated carbocycles. The van der Waals surface area contributed by atoms with Gasteiger partial charge in [0.05, 0.1) is 12.6 Å². The van der Waals surface area contributed by atoms with Crippen LogP contribution in [0.15, 0.2) is 24.3 Å². The number of nitrogens with one attached hydrogen (secondary N) is 1. The first kappa shape index (κ1) is 19.3. The lowest BCUT2D eigenvalue weighted by atomic mass is 9.92. The number of benzene rings is 1. The highest BCUT2D eigenvalue weighted by molar-refractivity contribution is 5.75. The van der Waals surface area contributed by atoms with Gasteiger partial charge in [-0.2, -0.15) is 0 Å². The normalized spacial score (nSPS) is 19.3. The van der Waals surface area contributed by atoms with E-state index in [9.17, 15) is 9.59 Å².